The summed E-state index contributed by atoms with van der Waals surface area (Å²) >= 11 is 0. The van der Waals surface area contributed by atoms with Crippen molar-refractivity contribution in [3.8, 4) is 0 Å². The van der Waals surface area contributed by atoms with Crippen LogP contribution in [0.1, 0.15) is 16.1 Å². The van der Waals surface area contributed by atoms with Gasteiger partial charge in [-0.15, -0.1) is 0 Å². The average molecular weight is 297 g/mol. The molecule has 0 aliphatic heterocycles. The summed E-state index contributed by atoms with van der Waals surface area (Å²) in [5.41, 5.74) is 3.34. The quantitative estimate of drug-likeness (QED) is 0.630. The Labute approximate surface area is 127 Å². The van der Waals surface area contributed by atoms with Crippen molar-refractivity contribution in [2.24, 2.45) is 5.10 Å². The van der Waals surface area contributed by atoms with E-state index in [1.165, 1.54) is 18.5 Å². The number of allylic oxidation sites excluding steroid dienone is 1. The van der Waals surface area contributed by atoms with Crippen LogP contribution < -0.4 is 10.7 Å². The largest absolute Gasteiger partial charge is 0.459 e. The van der Waals surface area contributed by atoms with E-state index in [-0.39, 0.29) is 12.3 Å². The second-order valence-corrected chi connectivity index (χ2v) is 4.24. The van der Waals surface area contributed by atoms with Crippen LogP contribution in [0.3, 0.4) is 0 Å². The third-order valence-electron chi connectivity index (χ3n) is 2.59. The van der Waals surface area contributed by atoms with Gasteiger partial charge in [-0.25, -0.2) is 5.43 Å². The van der Waals surface area contributed by atoms with Gasteiger partial charge in [0, 0.05) is 6.21 Å². The summed E-state index contributed by atoms with van der Waals surface area (Å²) in [5, 5.41) is 6.16. The highest BCUT2D eigenvalue weighted by Gasteiger charge is 2.09. The van der Waals surface area contributed by atoms with E-state index < -0.39 is 11.8 Å². The summed E-state index contributed by atoms with van der Waals surface area (Å²) in [6.45, 7) is -0.181. The minimum absolute atomic E-state index is 0.155. The molecule has 2 N–H and O–H groups in total. The zero-order chi connectivity index (χ0) is 15.6. The van der Waals surface area contributed by atoms with E-state index in [1.54, 1.807) is 12.1 Å². The Balaban J connectivity index is 1.68. The summed E-state index contributed by atoms with van der Waals surface area (Å²) in [6.07, 6.45) is 6.41. The van der Waals surface area contributed by atoms with Crippen LogP contribution in [0.5, 0.6) is 0 Å². The minimum atomic E-state index is -0.451. The van der Waals surface area contributed by atoms with Crippen LogP contribution in [-0.4, -0.2) is 24.6 Å². The van der Waals surface area contributed by atoms with Crippen molar-refractivity contribution in [2.45, 2.75) is 0 Å². The number of rotatable bonds is 6. The maximum atomic E-state index is 11.5. The van der Waals surface area contributed by atoms with Gasteiger partial charge in [-0.2, -0.15) is 5.10 Å². The fourth-order valence-corrected chi connectivity index (χ4v) is 1.57. The molecule has 0 saturated heterocycles. The molecule has 2 amide bonds. The van der Waals surface area contributed by atoms with Gasteiger partial charge in [0.15, 0.2) is 5.76 Å². The van der Waals surface area contributed by atoms with Crippen LogP contribution in [0.4, 0.5) is 0 Å². The molecular formula is C16H15N3O3. The van der Waals surface area contributed by atoms with Crippen LogP contribution in [0, 0.1) is 0 Å². The highest BCUT2D eigenvalue weighted by atomic mass is 16.3. The molecule has 6 nitrogen and oxygen atoms in total. The predicted molar refractivity (Wildman–Crippen MR) is 83.2 cm³/mol. The lowest BCUT2D eigenvalue weighted by atomic mass is 10.2. The van der Waals surface area contributed by atoms with E-state index in [0.717, 1.165) is 5.56 Å². The third kappa shape index (κ3) is 5.09. The maximum absolute atomic E-state index is 11.5. The molecule has 6 heteroatoms. The van der Waals surface area contributed by atoms with E-state index in [2.05, 4.69) is 15.8 Å². The van der Waals surface area contributed by atoms with Crippen LogP contribution in [0.2, 0.25) is 0 Å². The Hall–Kier alpha value is -3.15. The fraction of sp³-hybridized carbons (Fsp3) is 0.0625. The molecule has 0 bridgehead atoms. The molecular weight excluding hydrogens is 282 g/mol. The first kappa shape index (κ1) is 15.2. The van der Waals surface area contributed by atoms with Crippen molar-refractivity contribution in [2.75, 3.05) is 6.54 Å². The van der Waals surface area contributed by atoms with Crippen LogP contribution in [0.15, 0.2) is 64.3 Å². The Morgan fingerprint density at radius 2 is 1.95 bits per heavy atom. The lowest BCUT2D eigenvalue weighted by Gasteiger charge is -2.01. The van der Waals surface area contributed by atoms with Crippen molar-refractivity contribution in [3.63, 3.8) is 0 Å². The zero-order valence-electron chi connectivity index (χ0n) is 11.7. The van der Waals surface area contributed by atoms with Crippen molar-refractivity contribution >= 4 is 24.1 Å². The number of hydrogen-bond acceptors (Lipinski definition) is 4. The smallest absolute Gasteiger partial charge is 0.287 e. The Bertz CT molecular complexity index is 661. The number of carbonyl (C=O) groups is 2. The molecule has 0 atom stereocenters. The minimum Gasteiger partial charge on any atom is -0.459 e. The molecule has 0 unspecified atom stereocenters. The van der Waals surface area contributed by atoms with E-state index >= 15 is 0 Å². The zero-order valence-corrected chi connectivity index (χ0v) is 11.7. The predicted octanol–water partition coefficient (Wildman–Crippen LogP) is 1.82. The molecule has 1 heterocycles. The molecule has 2 rings (SSSR count). The third-order valence-corrected chi connectivity index (χ3v) is 2.59. The molecule has 2 aromatic rings. The Morgan fingerprint density at radius 3 is 2.68 bits per heavy atom. The average Bonchev–Trinajstić information content (AvgIpc) is 3.08. The second-order valence-electron chi connectivity index (χ2n) is 4.24. The van der Waals surface area contributed by atoms with Gasteiger partial charge in [0.1, 0.15) is 0 Å². The highest BCUT2D eigenvalue weighted by Crippen LogP contribution is 1.99. The summed E-state index contributed by atoms with van der Waals surface area (Å²) in [6, 6.07) is 12.8. The molecule has 0 radical (unpaired) electrons. The molecule has 112 valence electrons. The highest BCUT2D eigenvalue weighted by molar-refractivity contribution is 5.94. The molecule has 0 spiro atoms. The monoisotopic (exact) mass is 297 g/mol. The van der Waals surface area contributed by atoms with Gasteiger partial charge >= 0.3 is 0 Å². The van der Waals surface area contributed by atoms with Gasteiger partial charge in [0.2, 0.25) is 0 Å². The summed E-state index contributed by atoms with van der Waals surface area (Å²) in [7, 11) is 0. The molecule has 1 aromatic carbocycles. The van der Waals surface area contributed by atoms with Gasteiger partial charge in [0.25, 0.3) is 11.8 Å². The van der Waals surface area contributed by atoms with Crippen molar-refractivity contribution in [1.82, 2.24) is 10.7 Å². The molecule has 1 aromatic heterocycles. The number of nitrogens with zero attached hydrogens (tertiary/aromatic N) is 1. The summed E-state index contributed by atoms with van der Waals surface area (Å²) in [5.74, 6) is -0.723. The Morgan fingerprint density at radius 1 is 1.14 bits per heavy atom. The fourth-order valence-electron chi connectivity index (χ4n) is 1.57. The van der Waals surface area contributed by atoms with Crippen LogP contribution >= 0.6 is 0 Å². The van der Waals surface area contributed by atoms with E-state index in [1.807, 2.05) is 36.4 Å². The number of furan rings is 1. The first-order valence-corrected chi connectivity index (χ1v) is 6.61. The number of benzene rings is 1. The van der Waals surface area contributed by atoms with Gasteiger partial charge < -0.3 is 9.73 Å². The SMILES string of the molecule is O=C(CNC(=O)c1ccco1)N/N=C\C=C\c1ccccc1. The molecule has 22 heavy (non-hydrogen) atoms. The van der Waals surface area contributed by atoms with E-state index in [4.69, 9.17) is 4.42 Å². The molecule has 0 aliphatic carbocycles. The van der Waals surface area contributed by atoms with Gasteiger partial charge in [-0.1, -0.05) is 36.4 Å². The molecule has 0 aliphatic rings. The summed E-state index contributed by atoms with van der Waals surface area (Å²) < 4.78 is 4.90. The van der Waals surface area contributed by atoms with Gasteiger partial charge in [-0.3, -0.25) is 9.59 Å². The van der Waals surface area contributed by atoms with Crippen LogP contribution in [0.25, 0.3) is 6.08 Å². The lowest BCUT2D eigenvalue weighted by molar-refractivity contribution is -0.120. The lowest BCUT2D eigenvalue weighted by Crippen LogP contribution is -2.34. The van der Waals surface area contributed by atoms with Crippen molar-refractivity contribution in [1.29, 1.82) is 0 Å². The normalized spacial score (nSPS) is 10.9. The number of hydrazone groups is 1. The Kier molecular flexibility index (Phi) is 5.69. The first-order chi connectivity index (χ1) is 10.8. The number of nitrogens with one attached hydrogen (secondary N) is 2. The number of hydrogen-bond donors (Lipinski definition) is 2. The molecule has 0 fully saturated rings. The summed E-state index contributed by atoms with van der Waals surface area (Å²) in [4.78, 5) is 23.0. The number of amides is 2. The first-order valence-electron chi connectivity index (χ1n) is 6.61. The van der Waals surface area contributed by atoms with Crippen molar-refractivity contribution in [3.05, 3.63) is 66.1 Å². The van der Waals surface area contributed by atoms with Gasteiger partial charge in [-0.05, 0) is 23.8 Å². The maximum Gasteiger partial charge on any atom is 0.287 e. The molecule has 0 saturated carbocycles. The van der Waals surface area contributed by atoms with E-state index in [0.29, 0.717) is 0 Å². The van der Waals surface area contributed by atoms with Gasteiger partial charge in [0.05, 0.1) is 12.8 Å². The van der Waals surface area contributed by atoms with E-state index in [9.17, 15) is 9.59 Å². The standard InChI is InChI=1S/C16H15N3O3/c20-15(12-17-16(21)14-9-5-11-22-14)19-18-10-4-8-13-6-2-1-3-7-13/h1-11H,12H2,(H,17,21)(H,19,20)/b8-4+,18-10-. The van der Waals surface area contributed by atoms with Crippen molar-refractivity contribution < 1.29 is 14.0 Å². The number of carbonyl (C=O) groups excluding carboxylic acids is 2. The topological polar surface area (TPSA) is 83.7 Å². The second kappa shape index (κ2) is 8.21. The van der Waals surface area contributed by atoms with Crippen LogP contribution in [-0.2, 0) is 4.79 Å².